The van der Waals surface area contributed by atoms with Gasteiger partial charge in [-0.15, -0.1) is 0 Å². The van der Waals surface area contributed by atoms with Gasteiger partial charge in [0.15, 0.2) is 0 Å². The Labute approximate surface area is 136 Å². The molecule has 0 amide bonds. The molecule has 3 rings (SSSR count). The SMILES string of the molecule is CNC(Cc1ccc(Cl)cc1Cl)C1Cc2ccccc2C1. The molecule has 0 heterocycles. The molecule has 0 spiro atoms. The van der Waals surface area contributed by atoms with Gasteiger partial charge < -0.3 is 5.32 Å². The number of fused-ring (bicyclic) bond motifs is 1. The van der Waals surface area contributed by atoms with E-state index in [1.54, 1.807) is 0 Å². The summed E-state index contributed by atoms with van der Waals surface area (Å²) in [7, 11) is 2.04. The van der Waals surface area contributed by atoms with Gasteiger partial charge in [0, 0.05) is 16.1 Å². The maximum absolute atomic E-state index is 6.31. The van der Waals surface area contributed by atoms with Crippen LogP contribution in [0.5, 0.6) is 0 Å². The van der Waals surface area contributed by atoms with Crippen molar-refractivity contribution in [3.8, 4) is 0 Å². The van der Waals surface area contributed by atoms with Gasteiger partial charge in [-0.05, 0) is 61.1 Å². The molecule has 0 fully saturated rings. The fourth-order valence-electron chi connectivity index (χ4n) is 3.31. The van der Waals surface area contributed by atoms with Crippen molar-refractivity contribution in [2.75, 3.05) is 7.05 Å². The third kappa shape index (κ3) is 3.26. The van der Waals surface area contributed by atoms with Gasteiger partial charge in [0.1, 0.15) is 0 Å². The highest BCUT2D eigenvalue weighted by Crippen LogP contribution is 2.31. The van der Waals surface area contributed by atoms with Gasteiger partial charge in [0.05, 0.1) is 0 Å². The average Bonchev–Trinajstić information content (AvgIpc) is 2.90. The summed E-state index contributed by atoms with van der Waals surface area (Å²) in [6.45, 7) is 0. The molecular formula is C18H19Cl2N. The molecule has 0 aromatic heterocycles. The molecule has 1 unspecified atom stereocenters. The van der Waals surface area contributed by atoms with Crippen molar-refractivity contribution in [1.82, 2.24) is 5.32 Å². The lowest BCUT2D eigenvalue weighted by atomic mass is 9.91. The number of likely N-dealkylation sites (N-methyl/N-ethyl adjacent to an activating group) is 1. The molecule has 0 bridgehead atoms. The average molecular weight is 320 g/mol. The summed E-state index contributed by atoms with van der Waals surface area (Å²) in [5.74, 6) is 0.624. The first kappa shape index (κ1) is 14.9. The maximum Gasteiger partial charge on any atom is 0.0453 e. The first-order chi connectivity index (χ1) is 10.2. The Kier molecular flexibility index (Phi) is 4.54. The monoisotopic (exact) mass is 319 g/mol. The van der Waals surface area contributed by atoms with Gasteiger partial charge in [-0.25, -0.2) is 0 Å². The van der Waals surface area contributed by atoms with Gasteiger partial charge in [-0.1, -0.05) is 53.5 Å². The molecule has 2 aromatic rings. The second-order valence-corrected chi connectivity index (χ2v) is 6.62. The first-order valence-electron chi connectivity index (χ1n) is 7.35. The Balaban J connectivity index is 1.75. The normalized spacial score (nSPS) is 16.0. The summed E-state index contributed by atoms with van der Waals surface area (Å²) in [5, 5.41) is 4.93. The summed E-state index contributed by atoms with van der Waals surface area (Å²) >= 11 is 12.3. The number of hydrogen-bond acceptors (Lipinski definition) is 1. The molecule has 2 aromatic carbocycles. The van der Waals surface area contributed by atoms with Crippen LogP contribution in [0.2, 0.25) is 10.0 Å². The zero-order valence-electron chi connectivity index (χ0n) is 12.1. The fraction of sp³-hybridized carbons (Fsp3) is 0.333. The molecule has 1 aliphatic carbocycles. The second kappa shape index (κ2) is 6.39. The molecule has 0 radical (unpaired) electrons. The molecule has 1 N–H and O–H groups in total. The largest absolute Gasteiger partial charge is 0.316 e. The second-order valence-electron chi connectivity index (χ2n) is 5.77. The zero-order valence-corrected chi connectivity index (χ0v) is 13.6. The van der Waals surface area contributed by atoms with Crippen molar-refractivity contribution >= 4 is 23.2 Å². The van der Waals surface area contributed by atoms with Crippen LogP contribution in [0.25, 0.3) is 0 Å². The van der Waals surface area contributed by atoms with Crippen molar-refractivity contribution in [3.63, 3.8) is 0 Å². The van der Waals surface area contributed by atoms with Crippen molar-refractivity contribution in [3.05, 3.63) is 69.2 Å². The number of benzene rings is 2. The lowest BCUT2D eigenvalue weighted by molar-refractivity contribution is 0.383. The van der Waals surface area contributed by atoms with Crippen LogP contribution < -0.4 is 5.32 Å². The summed E-state index contributed by atoms with van der Waals surface area (Å²) in [4.78, 5) is 0. The Bertz CT molecular complexity index is 614. The van der Waals surface area contributed by atoms with E-state index in [-0.39, 0.29) is 0 Å². The number of rotatable bonds is 4. The minimum Gasteiger partial charge on any atom is -0.316 e. The molecule has 0 aliphatic heterocycles. The third-order valence-electron chi connectivity index (χ3n) is 4.48. The van der Waals surface area contributed by atoms with E-state index in [9.17, 15) is 0 Å². The fourth-order valence-corrected chi connectivity index (χ4v) is 3.79. The van der Waals surface area contributed by atoms with E-state index >= 15 is 0 Å². The van der Waals surface area contributed by atoms with Crippen LogP contribution in [0.4, 0.5) is 0 Å². The lowest BCUT2D eigenvalue weighted by Crippen LogP contribution is -2.36. The van der Waals surface area contributed by atoms with Crippen LogP contribution in [0.3, 0.4) is 0 Å². The van der Waals surface area contributed by atoms with Crippen molar-refractivity contribution in [1.29, 1.82) is 0 Å². The molecule has 3 heteroatoms. The van der Waals surface area contributed by atoms with E-state index in [1.807, 2.05) is 25.2 Å². The highest BCUT2D eigenvalue weighted by atomic mass is 35.5. The molecule has 1 aliphatic rings. The van der Waals surface area contributed by atoms with Gasteiger partial charge >= 0.3 is 0 Å². The van der Waals surface area contributed by atoms with Crippen LogP contribution >= 0.6 is 23.2 Å². The van der Waals surface area contributed by atoms with Crippen molar-refractivity contribution in [2.45, 2.75) is 25.3 Å². The number of halogens is 2. The summed E-state index contributed by atoms with van der Waals surface area (Å²) in [6.07, 6.45) is 3.23. The highest BCUT2D eigenvalue weighted by Gasteiger charge is 2.28. The Morgan fingerprint density at radius 2 is 1.76 bits per heavy atom. The summed E-state index contributed by atoms with van der Waals surface area (Å²) in [5.41, 5.74) is 4.14. The van der Waals surface area contributed by atoms with Gasteiger partial charge in [-0.2, -0.15) is 0 Å². The minimum absolute atomic E-state index is 0.427. The lowest BCUT2D eigenvalue weighted by Gasteiger charge is -2.23. The minimum atomic E-state index is 0.427. The Morgan fingerprint density at radius 1 is 1.10 bits per heavy atom. The molecule has 0 saturated heterocycles. The Morgan fingerprint density at radius 3 is 2.33 bits per heavy atom. The maximum atomic E-state index is 6.31. The van der Waals surface area contributed by atoms with E-state index in [2.05, 4.69) is 29.6 Å². The van der Waals surface area contributed by atoms with E-state index in [0.29, 0.717) is 17.0 Å². The first-order valence-corrected chi connectivity index (χ1v) is 8.11. The molecule has 0 saturated carbocycles. The van der Waals surface area contributed by atoms with E-state index in [0.717, 1.165) is 29.8 Å². The van der Waals surface area contributed by atoms with E-state index in [4.69, 9.17) is 23.2 Å². The zero-order chi connectivity index (χ0) is 14.8. The van der Waals surface area contributed by atoms with Crippen LogP contribution in [0.15, 0.2) is 42.5 Å². The summed E-state index contributed by atoms with van der Waals surface area (Å²) < 4.78 is 0. The predicted octanol–water partition coefficient (Wildman–Crippen LogP) is 4.54. The van der Waals surface area contributed by atoms with Gasteiger partial charge in [0.2, 0.25) is 0 Å². The van der Waals surface area contributed by atoms with Crippen LogP contribution in [0, 0.1) is 5.92 Å². The summed E-state index contributed by atoms with van der Waals surface area (Å²) in [6, 6.07) is 15.0. The smallest absolute Gasteiger partial charge is 0.0453 e. The van der Waals surface area contributed by atoms with Crippen LogP contribution in [-0.2, 0) is 19.3 Å². The van der Waals surface area contributed by atoms with E-state index < -0.39 is 0 Å². The molecule has 1 nitrogen and oxygen atoms in total. The van der Waals surface area contributed by atoms with Crippen LogP contribution in [-0.4, -0.2) is 13.1 Å². The molecule has 110 valence electrons. The topological polar surface area (TPSA) is 12.0 Å². The van der Waals surface area contributed by atoms with Crippen molar-refractivity contribution < 1.29 is 0 Å². The predicted molar refractivity (Wildman–Crippen MR) is 90.4 cm³/mol. The van der Waals surface area contributed by atoms with Gasteiger partial charge in [-0.3, -0.25) is 0 Å². The molecule has 1 atom stereocenters. The quantitative estimate of drug-likeness (QED) is 0.872. The van der Waals surface area contributed by atoms with Crippen molar-refractivity contribution in [2.24, 2.45) is 5.92 Å². The Hall–Kier alpha value is -1.02. The third-order valence-corrected chi connectivity index (χ3v) is 5.06. The molecular weight excluding hydrogens is 301 g/mol. The highest BCUT2D eigenvalue weighted by molar-refractivity contribution is 6.35. The van der Waals surface area contributed by atoms with Crippen LogP contribution in [0.1, 0.15) is 16.7 Å². The standard InChI is InChI=1S/C18H19Cl2N/c1-21-18(10-14-6-7-16(19)11-17(14)20)15-8-12-4-2-3-5-13(12)9-15/h2-7,11,15,18,21H,8-10H2,1H3. The molecule has 21 heavy (non-hydrogen) atoms. The number of hydrogen-bond donors (Lipinski definition) is 1. The van der Waals surface area contributed by atoms with Gasteiger partial charge in [0.25, 0.3) is 0 Å². The number of nitrogens with one attached hydrogen (secondary N) is 1. The van der Waals surface area contributed by atoms with E-state index in [1.165, 1.54) is 11.1 Å².